The van der Waals surface area contributed by atoms with Gasteiger partial charge in [0, 0.05) is 31.4 Å². The Hall–Kier alpha value is -1.60. The summed E-state index contributed by atoms with van der Waals surface area (Å²) in [5.41, 5.74) is 2.00. The van der Waals surface area contributed by atoms with Crippen LogP contribution in [0.4, 0.5) is 10.5 Å². The molecule has 138 valence electrons. The van der Waals surface area contributed by atoms with Crippen LogP contribution in [-0.4, -0.2) is 68.0 Å². The van der Waals surface area contributed by atoms with Crippen molar-refractivity contribution in [3.8, 4) is 0 Å². The maximum Gasteiger partial charge on any atom is 0.321 e. The number of hydrogen-bond acceptors (Lipinski definition) is 4. The molecule has 0 spiro atoms. The van der Waals surface area contributed by atoms with E-state index in [1.54, 1.807) is 4.90 Å². The average Bonchev–Trinajstić information content (AvgIpc) is 2.83. The van der Waals surface area contributed by atoms with Crippen molar-refractivity contribution >= 4 is 21.6 Å². The van der Waals surface area contributed by atoms with Crippen molar-refractivity contribution in [1.29, 1.82) is 0 Å². The smallest absolute Gasteiger partial charge is 0.321 e. The minimum Gasteiger partial charge on any atom is -0.324 e. The molecule has 2 saturated heterocycles. The van der Waals surface area contributed by atoms with Gasteiger partial charge in [0.15, 0.2) is 9.84 Å². The molecule has 25 heavy (non-hydrogen) atoms. The van der Waals surface area contributed by atoms with Gasteiger partial charge < -0.3 is 15.1 Å². The van der Waals surface area contributed by atoms with Crippen LogP contribution in [-0.2, 0) is 16.3 Å². The summed E-state index contributed by atoms with van der Waals surface area (Å²) >= 11 is 0. The van der Waals surface area contributed by atoms with Gasteiger partial charge in [0.2, 0.25) is 0 Å². The number of urea groups is 1. The van der Waals surface area contributed by atoms with E-state index in [-0.39, 0.29) is 23.1 Å². The van der Waals surface area contributed by atoms with E-state index in [1.165, 1.54) is 5.56 Å². The van der Waals surface area contributed by atoms with Crippen LogP contribution in [0.15, 0.2) is 24.3 Å². The summed E-state index contributed by atoms with van der Waals surface area (Å²) in [5, 5.41) is 2.57. The Morgan fingerprint density at radius 1 is 1.16 bits per heavy atom. The third-order valence-corrected chi connectivity index (χ3v) is 7.69. The third-order valence-electron chi connectivity index (χ3n) is 5.46. The first-order valence-electron chi connectivity index (χ1n) is 8.97. The number of rotatable bonds is 2. The number of nitrogens with zero attached hydrogens (tertiary/aromatic N) is 2. The molecule has 2 amide bonds. The SMILES string of the molecule is CCc1ccc(NC(=O)N2CC[C@@H]3[C@H](CC2)N(C)CCS3(=O)=O)cc1. The molecule has 0 bridgehead atoms. The zero-order chi connectivity index (χ0) is 18.0. The molecule has 3 rings (SSSR count). The topological polar surface area (TPSA) is 69.7 Å². The van der Waals surface area contributed by atoms with Crippen molar-refractivity contribution in [2.24, 2.45) is 0 Å². The fourth-order valence-electron chi connectivity index (χ4n) is 3.80. The van der Waals surface area contributed by atoms with Crippen LogP contribution < -0.4 is 5.32 Å². The molecule has 0 unspecified atom stereocenters. The Kier molecular flexibility index (Phi) is 5.34. The normalized spacial score (nSPS) is 26.6. The molecule has 1 aromatic rings. The molecule has 6 nitrogen and oxygen atoms in total. The van der Waals surface area contributed by atoms with Gasteiger partial charge >= 0.3 is 6.03 Å². The summed E-state index contributed by atoms with van der Waals surface area (Å²) in [6, 6.07) is 7.70. The second-order valence-electron chi connectivity index (χ2n) is 7.00. The molecule has 2 fully saturated rings. The maximum absolute atomic E-state index is 12.6. The van der Waals surface area contributed by atoms with E-state index in [9.17, 15) is 13.2 Å². The number of nitrogens with one attached hydrogen (secondary N) is 1. The predicted octanol–water partition coefficient (Wildman–Crippen LogP) is 1.97. The van der Waals surface area contributed by atoms with Crippen molar-refractivity contribution in [2.45, 2.75) is 37.5 Å². The number of amides is 2. The summed E-state index contributed by atoms with van der Waals surface area (Å²) in [4.78, 5) is 16.5. The van der Waals surface area contributed by atoms with Crippen LogP contribution in [0, 0.1) is 0 Å². The largest absolute Gasteiger partial charge is 0.324 e. The maximum atomic E-state index is 12.6. The number of anilines is 1. The van der Waals surface area contributed by atoms with E-state index in [0.29, 0.717) is 32.5 Å². The number of carbonyl (C=O) groups is 1. The second kappa shape index (κ2) is 7.33. The predicted molar refractivity (Wildman–Crippen MR) is 99.6 cm³/mol. The van der Waals surface area contributed by atoms with E-state index in [2.05, 4.69) is 17.1 Å². The minimum atomic E-state index is -3.06. The zero-order valence-electron chi connectivity index (χ0n) is 14.9. The summed E-state index contributed by atoms with van der Waals surface area (Å²) in [7, 11) is -1.07. The van der Waals surface area contributed by atoms with E-state index in [0.717, 1.165) is 12.1 Å². The van der Waals surface area contributed by atoms with Gasteiger partial charge in [0.1, 0.15) is 0 Å². The molecule has 2 aliphatic rings. The highest BCUT2D eigenvalue weighted by atomic mass is 32.2. The fourth-order valence-corrected chi connectivity index (χ4v) is 5.93. The monoisotopic (exact) mass is 365 g/mol. The van der Waals surface area contributed by atoms with E-state index >= 15 is 0 Å². The number of benzene rings is 1. The Labute approximate surface area is 150 Å². The lowest BCUT2D eigenvalue weighted by Gasteiger charge is -2.37. The molecule has 0 radical (unpaired) electrons. The van der Waals surface area contributed by atoms with Gasteiger partial charge in [-0.3, -0.25) is 0 Å². The molecule has 0 aliphatic carbocycles. The third kappa shape index (κ3) is 3.98. The first-order valence-corrected chi connectivity index (χ1v) is 10.7. The molecule has 0 aromatic heterocycles. The number of carbonyl (C=O) groups excluding carboxylic acids is 1. The molecule has 0 saturated carbocycles. The standard InChI is InChI=1S/C18H27N3O3S/c1-3-14-4-6-15(7-5-14)19-18(22)21-10-8-16-17(9-11-21)25(23,24)13-12-20(16)2/h4-7,16-17H,3,8-13H2,1-2H3,(H,19,22)/t16-,17+/m0/s1. The molecule has 1 aromatic carbocycles. The molecule has 2 aliphatic heterocycles. The average molecular weight is 365 g/mol. The number of fused-ring (bicyclic) bond motifs is 1. The summed E-state index contributed by atoms with van der Waals surface area (Å²) < 4.78 is 24.8. The van der Waals surface area contributed by atoms with Gasteiger partial charge in [0.25, 0.3) is 0 Å². The van der Waals surface area contributed by atoms with Gasteiger partial charge in [-0.15, -0.1) is 0 Å². The Morgan fingerprint density at radius 3 is 2.52 bits per heavy atom. The molecular formula is C18H27N3O3S. The lowest BCUT2D eigenvalue weighted by molar-refractivity contribution is 0.205. The highest BCUT2D eigenvalue weighted by molar-refractivity contribution is 7.92. The number of sulfone groups is 1. The molecular weight excluding hydrogens is 338 g/mol. The Morgan fingerprint density at radius 2 is 1.84 bits per heavy atom. The lowest BCUT2D eigenvalue weighted by Crippen LogP contribution is -2.52. The number of aryl methyl sites for hydroxylation is 1. The van der Waals surface area contributed by atoms with Crippen LogP contribution in [0.25, 0.3) is 0 Å². The van der Waals surface area contributed by atoms with E-state index in [4.69, 9.17) is 0 Å². The highest BCUT2D eigenvalue weighted by Gasteiger charge is 2.41. The summed E-state index contributed by atoms with van der Waals surface area (Å²) in [5.74, 6) is 0.223. The molecule has 2 heterocycles. The lowest BCUT2D eigenvalue weighted by atomic mass is 10.1. The second-order valence-corrected chi connectivity index (χ2v) is 9.34. The molecule has 7 heteroatoms. The van der Waals surface area contributed by atoms with Gasteiger partial charge in [-0.25, -0.2) is 13.2 Å². The van der Waals surface area contributed by atoms with Crippen LogP contribution in [0.5, 0.6) is 0 Å². The van der Waals surface area contributed by atoms with Crippen molar-refractivity contribution < 1.29 is 13.2 Å². The zero-order valence-corrected chi connectivity index (χ0v) is 15.8. The van der Waals surface area contributed by atoms with Crippen molar-refractivity contribution in [2.75, 3.05) is 37.8 Å². The highest BCUT2D eigenvalue weighted by Crippen LogP contribution is 2.27. The van der Waals surface area contributed by atoms with E-state index in [1.807, 2.05) is 31.3 Å². The van der Waals surface area contributed by atoms with Gasteiger partial charge in [-0.1, -0.05) is 19.1 Å². The first-order chi connectivity index (χ1) is 11.9. The van der Waals surface area contributed by atoms with Gasteiger partial charge in [-0.05, 0) is 44.0 Å². The summed E-state index contributed by atoms with van der Waals surface area (Å²) in [6.45, 7) is 3.74. The molecule has 2 atom stereocenters. The Bertz CT molecular complexity index is 718. The number of likely N-dealkylation sites (tertiary alicyclic amines) is 1. The van der Waals surface area contributed by atoms with Crippen LogP contribution in [0.3, 0.4) is 0 Å². The quantitative estimate of drug-likeness (QED) is 0.870. The number of hydrogen-bond donors (Lipinski definition) is 1. The van der Waals surface area contributed by atoms with Crippen LogP contribution in [0.2, 0.25) is 0 Å². The van der Waals surface area contributed by atoms with Crippen molar-refractivity contribution in [3.63, 3.8) is 0 Å². The van der Waals surface area contributed by atoms with Crippen molar-refractivity contribution in [1.82, 2.24) is 9.80 Å². The van der Waals surface area contributed by atoms with Crippen LogP contribution >= 0.6 is 0 Å². The van der Waals surface area contributed by atoms with Gasteiger partial charge in [0.05, 0.1) is 11.0 Å². The summed E-state index contributed by atoms with van der Waals surface area (Å²) in [6.07, 6.45) is 2.17. The van der Waals surface area contributed by atoms with Crippen LogP contribution in [0.1, 0.15) is 25.3 Å². The molecule has 1 N–H and O–H groups in total. The van der Waals surface area contributed by atoms with E-state index < -0.39 is 9.84 Å². The minimum absolute atomic E-state index is 0.0142. The fraction of sp³-hybridized carbons (Fsp3) is 0.611. The van der Waals surface area contributed by atoms with Crippen molar-refractivity contribution in [3.05, 3.63) is 29.8 Å². The Balaban J connectivity index is 1.66. The first kappa shape index (κ1) is 18.2. The van der Waals surface area contributed by atoms with Gasteiger partial charge in [-0.2, -0.15) is 0 Å².